The van der Waals surface area contributed by atoms with E-state index in [1.807, 2.05) is 0 Å². The number of amides is 1. The number of rotatable bonds is 5. The molecule has 20 heavy (non-hydrogen) atoms. The van der Waals surface area contributed by atoms with Gasteiger partial charge in [0, 0.05) is 5.02 Å². The lowest BCUT2D eigenvalue weighted by molar-refractivity contribution is -0.170. The first-order valence-corrected chi connectivity index (χ1v) is 5.88. The third-order valence-electron chi connectivity index (χ3n) is 2.36. The summed E-state index contributed by atoms with van der Waals surface area (Å²) in [5.74, 6) is -2.56. The molecule has 1 aromatic carbocycles. The largest absolute Gasteiger partial charge is 0.481 e. The number of aliphatic carboxylic acids is 1. The molecule has 0 fully saturated rings. The number of halogens is 4. The van der Waals surface area contributed by atoms with Gasteiger partial charge in [0.05, 0.1) is 12.8 Å². The van der Waals surface area contributed by atoms with Crippen LogP contribution in [0.2, 0.25) is 5.02 Å². The summed E-state index contributed by atoms with van der Waals surface area (Å²) < 4.78 is 37.6. The van der Waals surface area contributed by atoms with Crippen LogP contribution in [0.3, 0.4) is 0 Å². The highest BCUT2D eigenvalue weighted by Gasteiger charge is 2.41. The van der Waals surface area contributed by atoms with Crippen LogP contribution in [0.4, 0.5) is 13.2 Å². The van der Waals surface area contributed by atoms with Crippen LogP contribution in [-0.4, -0.2) is 29.2 Å². The zero-order valence-corrected chi connectivity index (χ0v) is 10.8. The van der Waals surface area contributed by atoms with E-state index in [4.69, 9.17) is 16.7 Å². The molecule has 0 aliphatic carbocycles. The standard InChI is InChI=1S/C12H11ClF3NO3/c13-8-3-1-2-7(4-8)5-10(18)17-9(6-11(19)20)12(14,15)16/h1-4,9H,5-6H2,(H,17,18)(H,19,20). The van der Waals surface area contributed by atoms with Crippen molar-refractivity contribution in [3.8, 4) is 0 Å². The van der Waals surface area contributed by atoms with Gasteiger partial charge in [-0.15, -0.1) is 0 Å². The molecule has 2 N–H and O–H groups in total. The predicted molar refractivity (Wildman–Crippen MR) is 65.4 cm³/mol. The Balaban J connectivity index is 2.69. The smallest absolute Gasteiger partial charge is 0.409 e. The van der Waals surface area contributed by atoms with E-state index in [1.165, 1.54) is 12.1 Å². The number of carbonyl (C=O) groups is 2. The molecule has 0 bridgehead atoms. The fraction of sp³-hybridized carbons (Fsp3) is 0.333. The molecule has 1 aromatic rings. The van der Waals surface area contributed by atoms with E-state index in [9.17, 15) is 22.8 Å². The van der Waals surface area contributed by atoms with E-state index in [2.05, 4.69) is 0 Å². The van der Waals surface area contributed by atoms with Gasteiger partial charge in [0.1, 0.15) is 6.04 Å². The molecule has 0 saturated carbocycles. The molecular weight excluding hydrogens is 299 g/mol. The van der Waals surface area contributed by atoms with Gasteiger partial charge in [0.15, 0.2) is 0 Å². The minimum atomic E-state index is -4.82. The second-order valence-electron chi connectivity index (χ2n) is 4.07. The number of hydrogen-bond donors (Lipinski definition) is 2. The lowest BCUT2D eigenvalue weighted by Gasteiger charge is -2.20. The van der Waals surface area contributed by atoms with E-state index >= 15 is 0 Å². The fourth-order valence-electron chi connectivity index (χ4n) is 1.50. The molecule has 8 heteroatoms. The molecule has 4 nitrogen and oxygen atoms in total. The fourth-order valence-corrected chi connectivity index (χ4v) is 1.71. The minimum Gasteiger partial charge on any atom is -0.481 e. The van der Waals surface area contributed by atoms with Crippen molar-refractivity contribution in [2.75, 3.05) is 0 Å². The molecule has 1 amide bonds. The molecule has 0 spiro atoms. The van der Waals surface area contributed by atoms with Gasteiger partial charge in [0.25, 0.3) is 0 Å². The zero-order chi connectivity index (χ0) is 15.3. The predicted octanol–water partition coefficient (Wildman–Crippen LogP) is 2.40. The summed E-state index contributed by atoms with van der Waals surface area (Å²) in [4.78, 5) is 21.9. The Labute approximate surface area is 117 Å². The number of carboxylic acids is 1. The van der Waals surface area contributed by atoms with Crippen molar-refractivity contribution in [2.24, 2.45) is 0 Å². The lowest BCUT2D eigenvalue weighted by atomic mass is 10.1. The zero-order valence-electron chi connectivity index (χ0n) is 10.1. The van der Waals surface area contributed by atoms with Crippen LogP contribution < -0.4 is 5.32 Å². The third-order valence-corrected chi connectivity index (χ3v) is 2.60. The maximum Gasteiger partial charge on any atom is 0.409 e. The number of benzene rings is 1. The molecule has 0 aliphatic rings. The monoisotopic (exact) mass is 309 g/mol. The first kappa shape index (κ1) is 16.3. The summed E-state index contributed by atoms with van der Waals surface area (Å²) in [6, 6.07) is 3.69. The number of alkyl halides is 3. The Morgan fingerprint density at radius 1 is 1.35 bits per heavy atom. The maximum atomic E-state index is 12.5. The molecule has 0 aromatic heterocycles. The van der Waals surface area contributed by atoms with Crippen LogP contribution in [0.15, 0.2) is 24.3 Å². The third kappa shape index (κ3) is 5.48. The summed E-state index contributed by atoms with van der Waals surface area (Å²) in [6.07, 6.45) is -6.35. The van der Waals surface area contributed by atoms with Gasteiger partial charge >= 0.3 is 12.1 Å². The van der Waals surface area contributed by atoms with Crippen molar-refractivity contribution in [2.45, 2.75) is 25.1 Å². The molecule has 0 radical (unpaired) electrons. The van der Waals surface area contributed by atoms with Crippen molar-refractivity contribution in [1.29, 1.82) is 0 Å². The molecule has 1 unspecified atom stereocenters. The molecular formula is C12H11ClF3NO3. The van der Waals surface area contributed by atoms with E-state index < -0.39 is 30.5 Å². The lowest BCUT2D eigenvalue weighted by Crippen LogP contribution is -2.47. The van der Waals surface area contributed by atoms with E-state index in [1.54, 1.807) is 17.4 Å². The summed E-state index contributed by atoms with van der Waals surface area (Å²) in [5, 5.41) is 10.4. The van der Waals surface area contributed by atoms with Gasteiger partial charge < -0.3 is 10.4 Å². The van der Waals surface area contributed by atoms with Crippen LogP contribution in [0, 0.1) is 0 Å². The van der Waals surface area contributed by atoms with Gasteiger partial charge in [0.2, 0.25) is 5.91 Å². The summed E-state index contributed by atoms with van der Waals surface area (Å²) >= 11 is 5.69. The Morgan fingerprint density at radius 2 is 2.00 bits per heavy atom. The van der Waals surface area contributed by atoms with Crippen molar-refractivity contribution in [3.05, 3.63) is 34.9 Å². The van der Waals surface area contributed by atoms with Crippen LogP contribution in [0.1, 0.15) is 12.0 Å². The summed E-state index contributed by atoms with van der Waals surface area (Å²) in [6.45, 7) is 0. The van der Waals surface area contributed by atoms with E-state index in [-0.39, 0.29) is 6.42 Å². The van der Waals surface area contributed by atoms with Crippen LogP contribution >= 0.6 is 11.6 Å². The Morgan fingerprint density at radius 3 is 2.50 bits per heavy atom. The van der Waals surface area contributed by atoms with Gasteiger partial charge in [-0.1, -0.05) is 23.7 Å². The molecule has 0 heterocycles. The molecule has 110 valence electrons. The highest BCUT2D eigenvalue weighted by Crippen LogP contribution is 2.22. The topological polar surface area (TPSA) is 66.4 Å². The quantitative estimate of drug-likeness (QED) is 0.877. The first-order valence-electron chi connectivity index (χ1n) is 5.51. The average Bonchev–Trinajstić information content (AvgIpc) is 2.26. The SMILES string of the molecule is O=C(O)CC(NC(=O)Cc1cccc(Cl)c1)C(F)(F)F. The average molecular weight is 310 g/mol. The highest BCUT2D eigenvalue weighted by molar-refractivity contribution is 6.30. The van der Waals surface area contributed by atoms with Crippen LogP contribution in [0.5, 0.6) is 0 Å². The van der Waals surface area contributed by atoms with E-state index in [0.717, 1.165) is 0 Å². The van der Waals surface area contributed by atoms with Gasteiger partial charge in [-0.2, -0.15) is 13.2 Å². The van der Waals surface area contributed by atoms with Gasteiger partial charge in [-0.3, -0.25) is 9.59 Å². The van der Waals surface area contributed by atoms with Crippen molar-refractivity contribution in [3.63, 3.8) is 0 Å². The van der Waals surface area contributed by atoms with Gasteiger partial charge in [-0.25, -0.2) is 0 Å². The van der Waals surface area contributed by atoms with Crippen molar-refractivity contribution >= 4 is 23.5 Å². The number of carbonyl (C=O) groups excluding carboxylic acids is 1. The van der Waals surface area contributed by atoms with Crippen LogP contribution in [0.25, 0.3) is 0 Å². The molecule has 1 atom stereocenters. The Kier molecular flexibility index (Phi) is 5.38. The maximum absolute atomic E-state index is 12.5. The van der Waals surface area contributed by atoms with Crippen LogP contribution in [-0.2, 0) is 16.0 Å². The molecule has 0 aliphatic heterocycles. The number of carboxylic acid groups (broad SMARTS) is 1. The van der Waals surface area contributed by atoms with E-state index in [0.29, 0.717) is 10.6 Å². The first-order chi connectivity index (χ1) is 9.18. The summed E-state index contributed by atoms with van der Waals surface area (Å²) in [7, 11) is 0. The van der Waals surface area contributed by atoms with Crippen molar-refractivity contribution in [1.82, 2.24) is 5.32 Å². The Hall–Kier alpha value is -1.76. The summed E-state index contributed by atoms with van der Waals surface area (Å²) in [5.41, 5.74) is 0.436. The Bertz CT molecular complexity index is 505. The number of nitrogens with one attached hydrogen (secondary N) is 1. The van der Waals surface area contributed by atoms with Gasteiger partial charge in [-0.05, 0) is 17.7 Å². The molecule has 0 saturated heterocycles. The molecule has 1 rings (SSSR count). The number of hydrogen-bond acceptors (Lipinski definition) is 2. The minimum absolute atomic E-state index is 0.313. The highest BCUT2D eigenvalue weighted by atomic mass is 35.5. The van der Waals surface area contributed by atoms with Crippen molar-refractivity contribution < 1.29 is 27.9 Å². The normalized spacial score (nSPS) is 12.8. The second kappa shape index (κ2) is 6.60. The second-order valence-corrected chi connectivity index (χ2v) is 4.50.